The van der Waals surface area contributed by atoms with E-state index in [1.54, 1.807) is 18.5 Å². The van der Waals surface area contributed by atoms with Crippen LogP contribution in [0.15, 0.2) is 67.0 Å². The van der Waals surface area contributed by atoms with Gasteiger partial charge < -0.3 is 10.1 Å². The fourth-order valence-electron chi connectivity index (χ4n) is 2.61. The van der Waals surface area contributed by atoms with Crippen molar-refractivity contribution in [1.29, 1.82) is 5.41 Å². The van der Waals surface area contributed by atoms with Crippen molar-refractivity contribution in [3.63, 3.8) is 0 Å². The third-order valence-electron chi connectivity index (χ3n) is 3.90. The Morgan fingerprint density at radius 3 is 2.46 bits per heavy atom. The molecule has 2 heterocycles. The van der Waals surface area contributed by atoms with Gasteiger partial charge in [0.1, 0.15) is 10.9 Å². The van der Waals surface area contributed by atoms with E-state index in [1.807, 2.05) is 56.3 Å². The molecule has 0 radical (unpaired) electrons. The molecule has 0 aliphatic carbocycles. The second-order valence-corrected chi connectivity index (χ2v) is 6.10. The highest BCUT2D eigenvalue weighted by atomic mass is 35.5. The van der Waals surface area contributed by atoms with Crippen molar-refractivity contribution in [3.8, 4) is 11.1 Å². The largest absolute Gasteiger partial charge is 0.477 e. The Bertz CT molecular complexity index is 962. The molecule has 5 nitrogen and oxygen atoms in total. The van der Waals surface area contributed by atoms with Gasteiger partial charge in [0.25, 0.3) is 0 Å². The average molecular weight is 396 g/mol. The van der Waals surface area contributed by atoms with E-state index in [0.717, 1.165) is 28.0 Å². The quantitative estimate of drug-likeness (QED) is 0.381. The summed E-state index contributed by atoms with van der Waals surface area (Å²) in [5, 5.41) is 17.0. The number of hydrogen-bond donors (Lipinski definition) is 3. The Morgan fingerprint density at radius 1 is 1.18 bits per heavy atom. The van der Waals surface area contributed by atoms with Crippen LogP contribution >= 0.6 is 11.6 Å². The van der Waals surface area contributed by atoms with Gasteiger partial charge in [0, 0.05) is 18.1 Å². The number of nitrogens with one attached hydrogen (secondary N) is 2. The number of hydrogen-bond acceptors (Lipinski definition) is 3. The minimum atomic E-state index is -1.25. The van der Waals surface area contributed by atoms with Crippen LogP contribution in [0, 0.1) is 5.41 Å². The monoisotopic (exact) mass is 395 g/mol. The zero-order valence-electron chi connectivity index (χ0n) is 15.7. The lowest BCUT2D eigenvalue weighted by Gasteiger charge is -2.08. The first-order chi connectivity index (χ1) is 13.5. The maximum Gasteiger partial charge on any atom is 0.353 e. The number of allylic oxidation sites excluding steroid dienone is 1. The summed E-state index contributed by atoms with van der Waals surface area (Å²) in [6.45, 7) is 4.00. The van der Waals surface area contributed by atoms with E-state index >= 15 is 0 Å². The Morgan fingerprint density at radius 2 is 1.89 bits per heavy atom. The molecule has 0 fully saturated rings. The van der Waals surface area contributed by atoms with Gasteiger partial charge in [0.05, 0.1) is 0 Å². The highest BCUT2D eigenvalue weighted by Gasteiger charge is 2.10. The number of aliphatic carboxylic acids is 1. The van der Waals surface area contributed by atoms with Gasteiger partial charge >= 0.3 is 5.97 Å². The van der Waals surface area contributed by atoms with E-state index in [-0.39, 0.29) is 0 Å². The summed E-state index contributed by atoms with van der Waals surface area (Å²) in [7, 11) is 0. The molecule has 0 saturated heterocycles. The Hall–Kier alpha value is -3.18. The Balaban J connectivity index is 0.00000136. The predicted octanol–water partition coefficient (Wildman–Crippen LogP) is 5.49. The first-order valence-corrected chi connectivity index (χ1v) is 9.28. The molecular formula is C22H22ClN3O2. The number of aromatic amines is 1. The Kier molecular flexibility index (Phi) is 7.72. The van der Waals surface area contributed by atoms with Crippen LogP contribution in [0.2, 0.25) is 5.15 Å². The molecular weight excluding hydrogens is 374 g/mol. The lowest BCUT2D eigenvalue weighted by molar-refractivity contribution is -0.129. The van der Waals surface area contributed by atoms with Crippen molar-refractivity contribution >= 4 is 28.9 Å². The highest BCUT2D eigenvalue weighted by molar-refractivity contribution is 6.40. The SMILES string of the molecule is CC.N=C(/C=C(/Cc1ccc(-c2ccnc(Cl)c2)cc1)c1ccc[nH]1)C(=O)O. The topological polar surface area (TPSA) is 89.8 Å². The third kappa shape index (κ3) is 5.66. The normalized spacial score (nSPS) is 10.8. The molecule has 0 atom stereocenters. The number of benzene rings is 1. The van der Waals surface area contributed by atoms with E-state index in [0.29, 0.717) is 11.6 Å². The number of carbonyl (C=O) groups is 1. The van der Waals surface area contributed by atoms with E-state index in [9.17, 15) is 4.79 Å². The highest BCUT2D eigenvalue weighted by Crippen LogP contribution is 2.24. The van der Waals surface area contributed by atoms with Crippen LogP contribution in [0.4, 0.5) is 0 Å². The molecule has 3 aromatic rings. The zero-order chi connectivity index (χ0) is 20.5. The third-order valence-corrected chi connectivity index (χ3v) is 4.11. The molecule has 0 bridgehead atoms. The summed E-state index contributed by atoms with van der Waals surface area (Å²) in [6.07, 6.45) is 5.32. The molecule has 3 N–H and O–H groups in total. The lowest BCUT2D eigenvalue weighted by atomic mass is 9.98. The summed E-state index contributed by atoms with van der Waals surface area (Å²) in [5.41, 5.74) is 4.08. The number of carboxylic acid groups (broad SMARTS) is 1. The first kappa shape index (κ1) is 21.1. The molecule has 2 aromatic heterocycles. The number of carboxylic acids is 1. The van der Waals surface area contributed by atoms with Crippen molar-refractivity contribution in [2.24, 2.45) is 0 Å². The molecule has 0 amide bonds. The molecule has 3 rings (SSSR count). The van der Waals surface area contributed by atoms with Crippen molar-refractivity contribution in [2.45, 2.75) is 20.3 Å². The minimum absolute atomic E-state index is 0.440. The van der Waals surface area contributed by atoms with Crippen LogP contribution in [0.3, 0.4) is 0 Å². The van der Waals surface area contributed by atoms with Gasteiger partial charge in [-0.1, -0.05) is 49.7 Å². The number of aromatic nitrogens is 2. The van der Waals surface area contributed by atoms with E-state index in [1.165, 1.54) is 6.08 Å². The van der Waals surface area contributed by atoms with Crippen molar-refractivity contribution in [3.05, 3.63) is 83.4 Å². The fourth-order valence-corrected chi connectivity index (χ4v) is 2.78. The summed E-state index contributed by atoms with van der Waals surface area (Å²) >= 11 is 5.94. The van der Waals surface area contributed by atoms with Gasteiger partial charge in [-0.25, -0.2) is 9.78 Å². The predicted molar refractivity (Wildman–Crippen MR) is 114 cm³/mol. The molecule has 0 aliphatic heterocycles. The smallest absolute Gasteiger partial charge is 0.353 e. The maximum atomic E-state index is 11.0. The summed E-state index contributed by atoms with van der Waals surface area (Å²) < 4.78 is 0. The number of H-pyrrole nitrogens is 1. The zero-order valence-corrected chi connectivity index (χ0v) is 16.5. The van der Waals surface area contributed by atoms with Crippen LogP contribution in [-0.2, 0) is 11.2 Å². The first-order valence-electron chi connectivity index (χ1n) is 8.90. The van der Waals surface area contributed by atoms with Crippen molar-refractivity contribution in [2.75, 3.05) is 0 Å². The number of nitrogens with zero attached hydrogens (tertiary/aromatic N) is 1. The summed E-state index contributed by atoms with van der Waals surface area (Å²) in [4.78, 5) is 18.0. The number of rotatable bonds is 6. The standard InChI is InChI=1S/C20H16ClN3O2.C2H6/c21-19-12-15(7-9-24-19)14-5-3-13(4-6-14)10-16(11-17(22)20(25)26)18-2-1-8-23-18;1-2/h1-9,11-12,22-23H,10H2,(H,25,26);1-2H3/b16-11-,22-17?;. The van der Waals surface area contributed by atoms with Crippen LogP contribution in [0.25, 0.3) is 16.7 Å². The lowest BCUT2D eigenvalue weighted by Crippen LogP contribution is -2.09. The van der Waals surface area contributed by atoms with Crippen molar-refractivity contribution < 1.29 is 9.90 Å². The molecule has 1 aromatic carbocycles. The van der Waals surface area contributed by atoms with E-state index < -0.39 is 11.7 Å². The second kappa shape index (κ2) is 10.2. The van der Waals surface area contributed by atoms with Gasteiger partial charge in [-0.05, 0) is 59.0 Å². The maximum absolute atomic E-state index is 11.0. The minimum Gasteiger partial charge on any atom is -0.477 e. The summed E-state index contributed by atoms with van der Waals surface area (Å²) in [5.74, 6) is -1.25. The molecule has 144 valence electrons. The second-order valence-electron chi connectivity index (χ2n) is 5.71. The Labute approximate surface area is 169 Å². The molecule has 0 saturated carbocycles. The molecule has 0 aliphatic rings. The van der Waals surface area contributed by atoms with Crippen LogP contribution in [0.5, 0.6) is 0 Å². The van der Waals surface area contributed by atoms with Gasteiger partial charge in [-0.3, -0.25) is 5.41 Å². The van der Waals surface area contributed by atoms with E-state index in [2.05, 4.69) is 9.97 Å². The van der Waals surface area contributed by atoms with Gasteiger partial charge in [-0.2, -0.15) is 0 Å². The molecule has 0 unspecified atom stereocenters. The van der Waals surface area contributed by atoms with Crippen LogP contribution in [-0.4, -0.2) is 26.8 Å². The van der Waals surface area contributed by atoms with Crippen LogP contribution in [0.1, 0.15) is 25.1 Å². The van der Waals surface area contributed by atoms with Gasteiger partial charge in [-0.15, -0.1) is 0 Å². The fraction of sp³-hybridized carbons (Fsp3) is 0.136. The molecule has 28 heavy (non-hydrogen) atoms. The summed E-state index contributed by atoms with van der Waals surface area (Å²) in [6, 6.07) is 15.3. The average Bonchev–Trinajstić information content (AvgIpc) is 3.24. The van der Waals surface area contributed by atoms with E-state index in [4.69, 9.17) is 22.1 Å². The van der Waals surface area contributed by atoms with Crippen LogP contribution < -0.4 is 0 Å². The van der Waals surface area contributed by atoms with Gasteiger partial charge in [0.15, 0.2) is 0 Å². The van der Waals surface area contributed by atoms with Gasteiger partial charge in [0.2, 0.25) is 0 Å². The molecule has 0 spiro atoms. The number of pyridine rings is 1. The number of halogens is 1. The van der Waals surface area contributed by atoms with Crippen molar-refractivity contribution in [1.82, 2.24) is 9.97 Å². The molecule has 6 heteroatoms.